The van der Waals surface area contributed by atoms with Gasteiger partial charge < -0.3 is 0 Å². The van der Waals surface area contributed by atoms with Crippen LogP contribution in [0.4, 0.5) is 0 Å². The summed E-state index contributed by atoms with van der Waals surface area (Å²) in [6.45, 7) is 2.10. The number of nitrogens with zero attached hydrogens (tertiary/aromatic N) is 4. The van der Waals surface area contributed by atoms with Crippen LogP contribution in [-0.4, -0.2) is 26.1 Å². The second-order valence-electron chi connectivity index (χ2n) is 2.58. The lowest BCUT2D eigenvalue weighted by atomic mass is 10.2. The summed E-state index contributed by atoms with van der Waals surface area (Å²) in [7, 11) is 0. The summed E-state index contributed by atoms with van der Waals surface area (Å²) in [6.07, 6.45) is 4.84. The van der Waals surface area contributed by atoms with E-state index in [1.165, 1.54) is 6.33 Å². The van der Waals surface area contributed by atoms with Crippen LogP contribution < -0.4 is 0 Å². The Morgan fingerprint density at radius 1 is 1.50 bits per heavy atom. The first-order chi connectivity index (χ1) is 5.84. The van der Waals surface area contributed by atoms with Crippen molar-refractivity contribution in [2.45, 2.75) is 32.6 Å². The van der Waals surface area contributed by atoms with E-state index in [-0.39, 0.29) is 5.91 Å². The molecule has 0 N–H and O–H groups in total. The van der Waals surface area contributed by atoms with Crippen molar-refractivity contribution in [1.82, 2.24) is 20.2 Å². The Morgan fingerprint density at radius 3 is 2.92 bits per heavy atom. The monoisotopic (exact) mass is 168 g/mol. The van der Waals surface area contributed by atoms with Crippen molar-refractivity contribution in [2.75, 3.05) is 0 Å². The molecule has 0 fully saturated rings. The molecular formula is C7H12N4O. The van der Waals surface area contributed by atoms with Crippen LogP contribution in [0.5, 0.6) is 0 Å². The molecule has 0 spiro atoms. The lowest BCUT2D eigenvalue weighted by Gasteiger charge is -1.95. The maximum atomic E-state index is 11.2. The third-order valence-corrected chi connectivity index (χ3v) is 1.57. The van der Waals surface area contributed by atoms with Crippen molar-refractivity contribution in [3.05, 3.63) is 6.33 Å². The number of carbonyl (C=O) groups excluding carboxylic acids is 1. The van der Waals surface area contributed by atoms with E-state index in [2.05, 4.69) is 22.3 Å². The summed E-state index contributed by atoms with van der Waals surface area (Å²) in [5, 5.41) is 10.6. The molecule has 0 aliphatic rings. The lowest BCUT2D eigenvalue weighted by molar-refractivity contribution is 0.0862. The molecule has 0 radical (unpaired) electrons. The van der Waals surface area contributed by atoms with Gasteiger partial charge in [0.25, 0.3) is 5.91 Å². The van der Waals surface area contributed by atoms with Gasteiger partial charge in [-0.2, -0.15) is 0 Å². The van der Waals surface area contributed by atoms with Crippen molar-refractivity contribution < 1.29 is 4.79 Å². The molecule has 0 atom stereocenters. The fourth-order valence-corrected chi connectivity index (χ4v) is 0.908. The number of hydrogen-bond acceptors (Lipinski definition) is 4. The summed E-state index contributed by atoms with van der Waals surface area (Å²) >= 11 is 0. The van der Waals surface area contributed by atoms with Crippen molar-refractivity contribution in [3.8, 4) is 0 Å². The van der Waals surface area contributed by atoms with Crippen LogP contribution in [0, 0.1) is 0 Å². The Morgan fingerprint density at radius 2 is 2.33 bits per heavy atom. The van der Waals surface area contributed by atoms with E-state index in [9.17, 15) is 4.79 Å². The van der Waals surface area contributed by atoms with Gasteiger partial charge in [-0.25, -0.2) is 0 Å². The summed E-state index contributed by atoms with van der Waals surface area (Å²) in [5.41, 5.74) is 0. The minimum absolute atomic E-state index is 0.0825. The number of tetrazole rings is 1. The van der Waals surface area contributed by atoms with Crippen molar-refractivity contribution in [3.63, 3.8) is 0 Å². The van der Waals surface area contributed by atoms with Crippen molar-refractivity contribution in [1.29, 1.82) is 0 Å². The zero-order chi connectivity index (χ0) is 8.81. The Hall–Kier alpha value is -1.26. The predicted octanol–water partition coefficient (Wildman–Crippen LogP) is 0.894. The lowest BCUT2D eigenvalue weighted by Crippen LogP contribution is -2.13. The summed E-state index contributed by atoms with van der Waals surface area (Å²) < 4.78 is 0. The number of unbranched alkanes of at least 4 members (excludes halogenated alkanes) is 2. The molecule has 5 heteroatoms. The highest BCUT2D eigenvalue weighted by atomic mass is 16.2. The van der Waals surface area contributed by atoms with E-state index in [0.717, 1.165) is 24.1 Å². The molecule has 1 rings (SSSR count). The van der Waals surface area contributed by atoms with Crippen LogP contribution in [0.1, 0.15) is 37.4 Å². The first-order valence-electron chi connectivity index (χ1n) is 4.10. The highest BCUT2D eigenvalue weighted by Crippen LogP contribution is 1.99. The van der Waals surface area contributed by atoms with E-state index in [1.54, 1.807) is 0 Å². The minimum atomic E-state index is -0.0825. The number of hydrogen-bond donors (Lipinski definition) is 0. The van der Waals surface area contributed by atoms with Crippen LogP contribution in [-0.2, 0) is 0 Å². The SMILES string of the molecule is CCCCCC(=O)n1ncnn1. The van der Waals surface area contributed by atoms with Gasteiger partial charge in [0.2, 0.25) is 0 Å². The molecule has 12 heavy (non-hydrogen) atoms. The zero-order valence-electron chi connectivity index (χ0n) is 7.10. The largest absolute Gasteiger partial charge is 0.271 e. The maximum Gasteiger partial charge on any atom is 0.266 e. The average molecular weight is 168 g/mol. The van der Waals surface area contributed by atoms with Crippen LogP contribution in [0.15, 0.2) is 6.33 Å². The van der Waals surface area contributed by atoms with Gasteiger partial charge >= 0.3 is 0 Å². The number of carbonyl (C=O) groups is 1. The van der Waals surface area contributed by atoms with E-state index in [4.69, 9.17) is 0 Å². The van der Waals surface area contributed by atoms with E-state index in [0.29, 0.717) is 6.42 Å². The smallest absolute Gasteiger partial charge is 0.266 e. The van der Waals surface area contributed by atoms with Gasteiger partial charge in [0, 0.05) is 6.42 Å². The topological polar surface area (TPSA) is 60.7 Å². The van der Waals surface area contributed by atoms with Crippen LogP contribution in [0.25, 0.3) is 0 Å². The number of rotatable bonds is 4. The third-order valence-electron chi connectivity index (χ3n) is 1.57. The molecule has 66 valence electrons. The van der Waals surface area contributed by atoms with Gasteiger partial charge in [0.15, 0.2) is 6.33 Å². The molecule has 0 unspecified atom stereocenters. The molecule has 5 nitrogen and oxygen atoms in total. The normalized spacial score (nSPS) is 10.1. The Bertz CT molecular complexity index is 232. The van der Waals surface area contributed by atoms with Gasteiger partial charge in [-0.05, 0) is 11.6 Å². The molecule has 0 amide bonds. The van der Waals surface area contributed by atoms with E-state index < -0.39 is 0 Å². The Balaban J connectivity index is 2.30. The summed E-state index contributed by atoms with van der Waals surface area (Å²) in [4.78, 5) is 12.2. The summed E-state index contributed by atoms with van der Waals surface area (Å²) in [6, 6.07) is 0. The van der Waals surface area contributed by atoms with Gasteiger partial charge in [0.05, 0.1) is 0 Å². The average Bonchev–Trinajstić information content (AvgIpc) is 2.56. The molecular weight excluding hydrogens is 156 g/mol. The Labute approximate surface area is 70.8 Å². The minimum Gasteiger partial charge on any atom is -0.271 e. The van der Waals surface area contributed by atoms with Gasteiger partial charge in [-0.1, -0.05) is 24.6 Å². The quantitative estimate of drug-likeness (QED) is 0.626. The van der Waals surface area contributed by atoms with Crippen molar-refractivity contribution >= 4 is 5.91 Å². The highest BCUT2D eigenvalue weighted by Gasteiger charge is 2.04. The summed E-state index contributed by atoms with van der Waals surface area (Å²) in [5.74, 6) is -0.0825. The fraction of sp³-hybridized carbons (Fsp3) is 0.714. The molecule has 0 saturated carbocycles. The van der Waals surface area contributed by atoms with Gasteiger partial charge in [-0.3, -0.25) is 4.79 Å². The first kappa shape index (κ1) is 8.83. The van der Waals surface area contributed by atoms with Crippen LogP contribution in [0.2, 0.25) is 0 Å². The molecule has 1 aromatic rings. The van der Waals surface area contributed by atoms with Crippen molar-refractivity contribution in [2.24, 2.45) is 0 Å². The fourth-order valence-electron chi connectivity index (χ4n) is 0.908. The standard InChI is InChI=1S/C7H12N4O/c1-2-3-4-5-7(12)11-9-6-8-10-11/h6H,2-5H2,1H3. The van der Waals surface area contributed by atoms with Gasteiger partial charge in [0.1, 0.15) is 0 Å². The van der Waals surface area contributed by atoms with Gasteiger partial charge in [-0.15, -0.1) is 10.2 Å². The molecule has 1 heterocycles. The molecule has 0 saturated heterocycles. The second kappa shape index (κ2) is 4.58. The highest BCUT2D eigenvalue weighted by molar-refractivity contribution is 5.76. The van der Waals surface area contributed by atoms with Crippen LogP contribution in [0.3, 0.4) is 0 Å². The van der Waals surface area contributed by atoms with E-state index >= 15 is 0 Å². The molecule has 1 aromatic heterocycles. The third kappa shape index (κ3) is 2.41. The molecule has 0 aliphatic carbocycles. The second-order valence-corrected chi connectivity index (χ2v) is 2.58. The molecule has 0 aromatic carbocycles. The maximum absolute atomic E-state index is 11.2. The Kier molecular flexibility index (Phi) is 3.37. The zero-order valence-corrected chi connectivity index (χ0v) is 7.10. The first-order valence-corrected chi connectivity index (χ1v) is 4.10. The molecule has 0 bridgehead atoms. The van der Waals surface area contributed by atoms with Crippen LogP contribution >= 0.6 is 0 Å². The number of aromatic nitrogens is 4. The van der Waals surface area contributed by atoms with E-state index in [1.807, 2.05) is 0 Å². The predicted molar refractivity (Wildman–Crippen MR) is 42.6 cm³/mol. The molecule has 0 aliphatic heterocycles.